The number of nitrogens with one attached hydrogen (secondary N) is 2. The molecule has 0 aliphatic carbocycles. The highest BCUT2D eigenvalue weighted by molar-refractivity contribution is 6.08. The Morgan fingerprint density at radius 2 is 1.91 bits per heavy atom. The first kappa shape index (κ1) is 21.3. The number of hydrogen-bond donors (Lipinski definition) is 3. The summed E-state index contributed by atoms with van der Waals surface area (Å²) in [5.74, 6) is -0.0786. The Kier molecular flexibility index (Phi) is 6.02. The lowest BCUT2D eigenvalue weighted by atomic mass is 9.73. The van der Waals surface area contributed by atoms with Crippen molar-refractivity contribution in [2.45, 2.75) is 30.7 Å². The molecule has 164 valence electrons. The van der Waals surface area contributed by atoms with Gasteiger partial charge in [-0.3, -0.25) is 19.5 Å². The van der Waals surface area contributed by atoms with E-state index in [1.807, 2.05) is 47.4 Å². The Bertz CT molecular complexity index is 1100. The normalized spacial score (nSPS) is 20.9. The van der Waals surface area contributed by atoms with E-state index in [1.54, 1.807) is 12.4 Å². The van der Waals surface area contributed by atoms with Gasteiger partial charge in [0.05, 0.1) is 23.2 Å². The summed E-state index contributed by atoms with van der Waals surface area (Å²) in [4.78, 5) is 36.7. The highest BCUT2D eigenvalue weighted by atomic mass is 16.3. The molecule has 3 N–H and O–H groups in total. The zero-order valence-electron chi connectivity index (χ0n) is 17.4. The standard InChI is InChI=1S/C23H22N4O2.CH2O2/c28-21(17-14-24-25-15-17)27-13-12-23(18-8-4-5-9-19(18)26-22(23)29)20(27)11-10-16-6-2-1-3-7-16;2-1-3/h1-9,14-15,20H,10-13H2,(H,24,25)(H,26,29);1H,(H,2,3)/t20-,23-;/m0./s1. The molecule has 32 heavy (non-hydrogen) atoms. The van der Waals surface area contributed by atoms with E-state index in [9.17, 15) is 9.59 Å². The Morgan fingerprint density at radius 3 is 2.62 bits per heavy atom. The zero-order valence-corrected chi connectivity index (χ0v) is 17.4. The van der Waals surface area contributed by atoms with Gasteiger partial charge in [-0.05, 0) is 36.5 Å². The van der Waals surface area contributed by atoms with Gasteiger partial charge in [-0.25, -0.2) is 0 Å². The van der Waals surface area contributed by atoms with Crippen molar-refractivity contribution in [2.24, 2.45) is 0 Å². The quantitative estimate of drug-likeness (QED) is 0.549. The van der Waals surface area contributed by atoms with Crippen LogP contribution in [0, 0.1) is 0 Å². The van der Waals surface area contributed by atoms with Gasteiger partial charge in [0.1, 0.15) is 0 Å². The third-order valence-electron chi connectivity index (χ3n) is 6.31. The van der Waals surface area contributed by atoms with Crippen molar-refractivity contribution in [3.05, 3.63) is 83.7 Å². The van der Waals surface area contributed by atoms with Crippen molar-refractivity contribution in [3.8, 4) is 0 Å². The predicted octanol–water partition coefficient (Wildman–Crippen LogP) is 2.85. The number of para-hydroxylation sites is 1. The van der Waals surface area contributed by atoms with Crippen molar-refractivity contribution >= 4 is 24.0 Å². The summed E-state index contributed by atoms with van der Waals surface area (Å²) < 4.78 is 0. The fourth-order valence-corrected chi connectivity index (χ4v) is 4.93. The monoisotopic (exact) mass is 432 g/mol. The SMILES string of the molecule is O=C(c1cn[nH]c1)N1CC[C@@]2(C(=O)Nc3ccccc32)[C@@H]1CCc1ccccc1.O=CO. The van der Waals surface area contributed by atoms with Gasteiger partial charge in [0.25, 0.3) is 12.4 Å². The first-order chi connectivity index (χ1) is 15.6. The van der Waals surface area contributed by atoms with Crippen molar-refractivity contribution in [2.75, 3.05) is 11.9 Å². The van der Waals surface area contributed by atoms with Crippen LogP contribution in [0.3, 0.4) is 0 Å². The van der Waals surface area contributed by atoms with Crippen LogP contribution in [0.1, 0.15) is 34.3 Å². The minimum atomic E-state index is -0.704. The van der Waals surface area contributed by atoms with Crippen LogP contribution in [0.15, 0.2) is 67.0 Å². The van der Waals surface area contributed by atoms with Crippen molar-refractivity contribution in [1.82, 2.24) is 15.1 Å². The lowest BCUT2D eigenvalue weighted by molar-refractivity contribution is -0.123. The van der Waals surface area contributed by atoms with Gasteiger partial charge in [0.2, 0.25) is 5.91 Å². The molecule has 2 aliphatic heterocycles. The number of amides is 2. The maximum Gasteiger partial charge on any atom is 0.290 e. The summed E-state index contributed by atoms with van der Waals surface area (Å²) in [5.41, 5.74) is 2.89. The van der Waals surface area contributed by atoms with E-state index in [-0.39, 0.29) is 24.3 Å². The largest absolute Gasteiger partial charge is 0.483 e. The molecule has 2 aliphatic rings. The molecule has 0 bridgehead atoms. The van der Waals surface area contributed by atoms with E-state index in [0.29, 0.717) is 18.5 Å². The number of likely N-dealkylation sites (tertiary alicyclic amines) is 1. The minimum Gasteiger partial charge on any atom is -0.483 e. The highest BCUT2D eigenvalue weighted by Gasteiger charge is 2.58. The molecule has 8 heteroatoms. The number of nitrogens with zero attached hydrogens (tertiary/aromatic N) is 2. The first-order valence-electron chi connectivity index (χ1n) is 10.4. The van der Waals surface area contributed by atoms with Gasteiger partial charge < -0.3 is 15.3 Å². The molecule has 2 atom stereocenters. The van der Waals surface area contributed by atoms with Crippen LogP contribution in [0.5, 0.6) is 0 Å². The molecule has 0 radical (unpaired) electrons. The number of hydrogen-bond acceptors (Lipinski definition) is 4. The average molecular weight is 432 g/mol. The van der Waals surface area contributed by atoms with Gasteiger partial charge in [-0.1, -0.05) is 48.5 Å². The third-order valence-corrected chi connectivity index (χ3v) is 6.31. The summed E-state index contributed by atoms with van der Waals surface area (Å²) in [6.45, 7) is 0.297. The number of carbonyl (C=O) groups is 3. The van der Waals surface area contributed by atoms with Crippen LogP contribution in [-0.4, -0.2) is 51.1 Å². The number of fused-ring (bicyclic) bond motifs is 2. The molecular weight excluding hydrogens is 408 g/mol. The molecule has 1 fully saturated rings. The second-order valence-corrected chi connectivity index (χ2v) is 7.85. The molecule has 2 aromatic carbocycles. The number of aryl methyl sites for hydroxylation is 1. The van der Waals surface area contributed by atoms with Crippen molar-refractivity contribution in [1.29, 1.82) is 0 Å². The number of H-pyrrole nitrogens is 1. The molecule has 3 aromatic rings. The van der Waals surface area contributed by atoms with Crippen molar-refractivity contribution in [3.63, 3.8) is 0 Å². The van der Waals surface area contributed by atoms with Gasteiger partial charge in [0, 0.05) is 18.4 Å². The number of carbonyl (C=O) groups excluding carboxylic acids is 2. The van der Waals surface area contributed by atoms with Crippen LogP contribution in [0.25, 0.3) is 0 Å². The molecular formula is C24H24N4O4. The van der Waals surface area contributed by atoms with Crippen LogP contribution >= 0.6 is 0 Å². The molecule has 5 rings (SSSR count). The van der Waals surface area contributed by atoms with Crippen LogP contribution in [0.2, 0.25) is 0 Å². The number of aromatic amines is 1. The molecule has 0 saturated carbocycles. The Balaban J connectivity index is 0.000000775. The van der Waals surface area contributed by atoms with Gasteiger partial charge >= 0.3 is 0 Å². The number of rotatable bonds is 4. The lowest BCUT2D eigenvalue weighted by Gasteiger charge is -2.34. The number of benzene rings is 2. The number of anilines is 1. The molecule has 1 saturated heterocycles. The van der Waals surface area contributed by atoms with Crippen molar-refractivity contribution < 1.29 is 19.5 Å². The average Bonchev–Trinajstić information content (AvgIpc) is 3.53. The summed E-state index contributed by atoms with van der Waals surface area (Å²) in [6.07, 6.45) is 5.31. The van der Waals surface area contributed by atoms with E-state index in [2.05, 4.69) is 27.6 Å². The second-order valence-electron chi connectivity index (χ2n) is 7.85. The molecule has 8 nitrogen and oxygen atoms in total. The maximum absolute atomic E-state index is 13.3. The summed E-state index contributed by atoms with van der Waals surface area (Å²) >= 11 is 0. The molecule has 0 unspecified atom stereocenters. The Morgan fingerprint density at radius 1 is 1.19 bits per heavy atom. The molecule has 1 aromatic heterocycles. The summed E-state index contributed by atoms with van der Waals surface area (Å²) in [5, 5.41) is 16.6. The molecule has 2 amide bonds. The smallest absolute Gasteiger partial charge is 0.290 e. The van der Waals surface area contributed by atoms with E-state index < -0.39 is 5.41 Å². The molecule has 3 heterocycles. The first-order valence-corrected chi connectivity index (χ1v) is 10.4. The number of aromatic nitrogens is 2. The van der Waals surface area contributed by atoms with Crippen LogP contribution in [0.4, 0.5) is 5.69 Å². The molecule has 1 spiro atoms. The lowest BCUT2D eigenvalue weighted by Crippen LogP contribution is -2.49. The Hall–Kier alpha value is -3.94. The second kappa shape index (κ2) is 9.05. The fourth-order valence-electron chi connectivity index (χ4n) is 4.93. The highest BCUT2D eigenvalue weighted by Crippen LogP contribution is 2.49. The van der Waals surface area contributed by atoms with E-state index in [4.69, 9.17) is 9.90 Å². The van der Waals surface area contributed by atoms with Crippen LogP contribution in [-0.2, 0) is 21.4 Å². The van der Waals surface area contributed by atoms with Gasteiger partial charge in [-0.15, -0.1) is 0 Å². The maximum atomic E-state index is 13.3. The summed E-state index contributed by atoms with van der Waals surface area (Å²) in [6, 6.07) is 17.9. The van der Waals surface area contributed by atoms with Crippen LogP contribution < -0.4 is 5.32 Å². The fraction of sp³-hybridized carbons (Fsp3) is 0.250. The van der Waals surface area contributed by atoms with E-state index in [1.165, 1.54) is 5.56 Å². The Labute approximate surface area is 185 Å². The van der Waals surface area contributed by atoms with E-state index >= 15 is 0 Å². The van der Waals surface area contributed by atoms with Gasteiger partial charge in [-0.2, -0.15) is 5.10 Å². The van der Waals surface area contributed by atoms with E-state index in [0.717, 1.165) is 24.1 Å². The minimum absolute atomic E-state index is 0.000690. The predicted molar refractivity (Wildman–Crippen MR) is 118 cm³/mol. The number of carboxylic acid groups (broad SMARTS) is 1. The third kappa shape index (κ3) is 3.64. The van der Waals surface area contributed by atoms with Gasteiger partial charge in [0.15, 0.2) is 0 Å². The summed E-state index contributed by atoms with van der Waals surface area (Å²) in [7, 11) is 0. The zero-order chi connectivity index (χ0) is 22.6. The topological polar surface area (TPSA) is 115 Å².